The predicted molar refractivity (Wildman–Crippen MR) is 69.8 cm³/mol. The number of benzene rings is 1. The van der Waals surface area contributed by atoms with Gasteiger partial charge in [0.1, 0.15) is 5.69 Å². The number of carbonyl (C=O) groups is 1. The molecule has 0 aromatic heterocycles. The average Bonchev–Trinajstić information content (AvgIpc) is 2.37. The molecule has 1 aromatic rings. The minimum Gasteiger partial charge on any atom is -0.481 e. The molecule has 0 spiro atoms. The van der Waals surface area contributed by atoms with Gasteiger partial charge in [-0.1, -0.05) is 6.92 Å². The van der Waals surface area contributed by atoms with E-state index in [9.17, 15) is 25.0 Å². The van der Waals surface area contributed by atoms with E-state index in [-0.39, 0.29) is 17.9 Å². The summed E-state index contributed by atoms with van der Waals surface area (Å²) >= 11 is 0. The molecule has 0 amide bonds. The Morgan fingerprint density at radius 3 is 2.40 bits per heavy atom. The molecular weight excluding hydrogens is 270 g/mol. The topological polar surface area (TPSA) is 127 Å². The van der Waals surface area contributed by atoms with E-state index in [0.717, 1.165) is 12.1 Å². The number of non-ortho nitro benzene ring substituents is 1. The molecule has 0 fully saturated rings. The highest BCUT2D eigenvalue weighted by Crippen LogP contribution is 2.31. The molecule has 1 atom stereocenters. The van der Waals surface area contributed by atoms with Crippen LogP contribution in [-0.4, -0.2) is 34.5 Å². The standard InChI is InChI=1S/C11H13N3O6/c1-7(11(15)16)6-12(2)9-4-3-8(13(17)18)5-10(9)14(19)20/h3-5,7H,6H2,1-2H3,(H,15,16). The first-order valence-electron chi connectivity index (χ1n) is 5.60. The summed E-state index contributed by atoms with van der Waals surface area (Å²) in [5, 5.41) is 30.4. The first kappa shape index (κ1) is 15.3. The molecule has 0 saturated heterocycles. The van der Waals surface area contributed by atoms with Gasteiger partial charge in [0.05, 0.1) is 21.8 Å². The van der Waals surface area contributed by atoms with E-state index in [4.69, 9.17) is 5.11 Å². The van der Waals surface area contributed by atoms with Crippen LogP contribution in [0.1, 0.15) is 6.92 Å². The SMILES string of the molecule is CC(CN(C)c1ccc([N+](=O)[O-])cc1[N+](=O)[O-])C(=O)O. The van der Waals surface area contributed by atoms with Crippen molar-refractivity contribution in [3.63, 3.8) is 0 Å². The van der Waals surface area contributed by atoms with Crippen molar-refractivity contribution in [1.82, 2.24) is 0 Å². The second-order valence-electron chi connectivity index (χ2n) is 4.31. The summed E-state index contributed by atoms with van der Waals surface area (Å²) in [5.74, 6) is -1.75. The number of nitro benzene ring substituents is 2. The van der Waals surface area contributed by atoms with Gasteiger partial charge in [-0.15, -0.1) is 0 Å². The Morgan fingerprint density at radius 1 is 1.35 bits per heavy atom. The molecule has 0 aliphatic rings. The summed E-state index contributed by atoms with van der Waals surface area (Å²) in [6.45, 7) is 1.52. The normalized spacial score (nSPS) is 11.7. The molecule has 0 bridgehead atoms. The van der Waals surface area contributed by atoms with Crippen LogP contribution in [0.2, 0.25) is 0 Å². The zero-order chi connectivity index (χ0) is 15.4. The van der Waals surface area contributed by atoms with Gasteiger partial charge in [0.2, 0.25) is 0 Å². The highest BCUT2D eigenvalue weighted by atomic mass is 16.6. The first-order chi connectivity index (χ1) is 9.23. The molecule has 108 valence electrons. The second kappa shape index (κ2) is 5.95. The van der Waals surface area contributed by atoms with Gasteiger partial charge in [0.15, 0.2) is 0 Å². The Balaban J connectivity index is 3.14. The third-order valence-electron chi connectivity index (χ3n) is 2.75. The Labute approximate surface area is 113 Å². The number of hydrogen-bond acceptors (Lipinski definition) is 6. The van der Waals surface area contributed by atoms with E-state index >= 15 is 0 Å². The van der Waals surface area contributed by atoms with Crippen LogP contribution in [0.4, 0.5) is 17.1 Å². The first-order valence-corrected chi connectivity index (χ1v) is 5.60. The van der Waals surface area contributed by atoms with E-state index in [1.807, 2.05) is 0 Å². The third-order valence-corrected chi connectivity index (χ3v) is 2.75. The lowest BCUT2D eigenvalue weighted by Crippen LogP contribution is -2.28. The Morgan fingerprint density at radius 2 is 1.95 bits per heavy atom. The van der Waals surface area contributed by atoms with Gasteiger partial charge in [-0.2, -0.15) is 0 Å². The minimum absolute atomic E-state index is 0.0496. The smallest absolute Gasteiger partial charge is 0.308 e. The number of anilines is 1. The molecule has 0 aliphatic carbocycles. The molecule has 1 unspecified atom stereocenters. The van der Waals surface area contributed by atoms with E-state index in [1.54, 1.807) is 0 Å². The maximum absolute atomic E-state index is 11.0. The molecular formula is C11H13N3O6. The Kier molecular flexibility index (Phi) is 4.57. The van der Waals surface area contributed by atoms with Crippen molar-refractivity contribution in [2.24, 2.45) is 5.92 Å². The zero-order valence-electron chi connectivity index (χ0n) is 10.8. The van der Waals surface area contributed by atoms with Crippen LogP contribution in [0.5, 0.6) is 0 Å². The molecule has 1 rings (SSSR count). The van der Waals surface area contributed by atoms with Gasteiger partial charge in [-0.3, -0.25) is 25.0 Å². The maximum Gasteiger partial charge on any atom is 0.308 e. The molecule has 0 heterocycles. The molecule has 20 heavy (non-hydrogen) atoms. The van der Waals surface area contributed by atoms with Crippen LogP contribution < -0.4 is 4.90 Å². The number of carboxylic acid groups (broad SMARTS) is 1. The van der Waals surface area contributed by atoms with Crippen LogP contribution in [0.25, 0.3) is 0 Å². The van der Waals surface area contributed by atoms with Crippen LogP contribution >= 0.6 is 0 Å². The molecule has 1 N–H and O–H groups in total. The Bertz CT molecular complexity index is 559. The van der Waals surface area contributed by atoms with Crippen molar-refractivity contribution in [2.75, 3.05) is 18.5 Å². The Hall–Kier alpha value is -2.71. The van der Waals surface area contributed by atoms with Crippen molar-refractivity contribution < 1.29 is 19.7 Å². The predicted octanol–water partition coefficient (Wildman–Crippen LogP) is 1.66. The van der Waals surface area contributed by atoms with Crippen molar-refractivity contribution in [3.8, 4) is 0 Å². The number of carboxylic acids is 1. The summed E-state index contributed by atoms with van der Waals surface area (Å²) in [5.41, 5.74) is -0.687. The lowest BCUT2D eigenvalue weighted by molar-refractivity contribution is -0.393. The summed E-state index contributed by atoms with van der Waals surface area (Å²) < 4.78 is 0. The van der Waals surface area contributed by atoms with E-state index in [0.29, 0.717) is 0 Å². The third kappa shape index (κ3) is 3.40. The zero-order valence-corrected chi connectivity index (χ0v) is 10.8. The van der Waals surface area contributed by atoms with E-state index < -0.39 is 27.4 Å². The molecule has 0 saturated carbocycles. The fourth-order valence-corrected chi connectivity index (χ4v) is 1.68. The highest BCUT2D eigenvalue weighted by Gasteiger charge is 2.23. The number of aliphatic carboxylic acids is 1. The van der Waals surface area contributed by atoms with E-state index in [1.165, 1.54) is 24.9 Å². The molecule has 9 nitrogen and oxygen atoms in total. The number of nitro groups is 2. The van der Waals surface area contributed by atoms with Crippen molar-refractivity contribution in [1.29, 1.82) is 0 Å². The van der Waals surface area contributed by atoms with Gasteiger partial charge in [-0.05, 0) is 6.07 Å². The van der Waals surface area contributed by atoms with Gasteiger partial charge in [-0.25, -0.2) is 0 Å². The van der Waals surface area contributed by atoms with Gasteiger partial charge >= 0.3 is 5.97 Å². The average molecular weight is 283 g/mol. The van der Waals surface area contributed by atoms with Crippen molar-refractivity contribution in [3.05, 3.63) is 38.4 Å². The molecule has 9 heteroatoms. The number of hydrogen-bond donors (Lipinski definition) is 1. The molecule has 0 radical (unpaired) electrons. The quantitative estimate of drug-likeness (QED) is 0.621. The summed E-state index contributed by atoms with van der Waals surface area (Å²) in [6, 6.07) is 3.24. The largest absolute Gasteiger partial charge is 0.481 e. The summed E-state index contributed by atoms with van der Waals surface area (Å²) in [4.78, 5) is 32.3. The van der Waals surface area contributed by atoms with Gasteiger partial charge in [0.25, 0.3) is 11.4 Å². The molecule has 1 aromatic carbocycles. The lowest BCUT2D eigenvalue weighted by atomic mass is 10.1. The van der Waals surface area contributed by atoms with Crippen LogP contribution in [0, 0.1) is 26.1 Å². The van der Waals surface area contributed by atoms with Crippen LogP contribution in [0.3, 0.4) is 0 Å². The van der Waals surface area contributed by atoms with Gasteiger partial charge < -0.3 is 10.0 Å². The maximum atomic E-state index is 11.0. The molecule has 0 aliphatic heterocycles. The second-order valence-corrected chi connectivity index (χ2v) is 4.31. The number of rotatable bonds is 6. The summed E-state index contributed by atoms with van der Waals surface area (Å²) in [7, 11) is 1.49. The minimum atomic E-state index is -1.03. The van der Waals surface area contributed by atoms with Crippen molar-refractivity contribution in [2.45, 2.75) is 6.92 Å². The lowest BCUT2D eigenvalue weighted by Gasteiger charge is -2.21. The summed E-state index contributed by atoms with van der Waals surface area (Å²) in [6.07, 6.45) is 0. The highest BCUT2D eigenvalue weighted by molar-refractivity contribution is 5.72. The van der Waals surface area contributed by atoms with Crippen LogP contribution in [0.15, 0.2) is 18.2 Å². The van der Waals surface area contributed by atoms with E-state index in [2.05, 4.69) is 0 Å². The van der Waals surface area contributed by atoms with Crippen molar-refractivity contribution >= 4 is 23.0 Å². The fourth-order valence-electron chi connectivity index (χ4n) is 1.68. The van der Waals surface area contributed by atoms with Crippen LogP contribution in [-0.2, 0) is 4.79 Å². The fraction of sp³-hybridized carbons (Fsp3) is 0.364. The monoisotopic (exact) mass is 283 g/mol. The van der Waals surface area contributed by atoms with Gasteiger partial charge in [0, 0.05) is 19.7 Å². The number of nitrogens with zero attached hydrogens (tertiary/aromatic N) is 3.